The number of hydrogen-bond donors (Lipinski definition) is 1. The maximum Gasteiger partial charge on any atom is 0.295 e. The number of Topliss-reactive ketones (excluding diaryl/α,β-unsaturated/α-hetero) is 1. The number of ether oxygens (including phenoxy) is 2. The summed E-state index contributed by atoms with van der Waals surface area (Å²) in [5.74, 6) is -1.90. The van der Waals surface area contributed by atoms with Crippen molar-refractivity contribution in [2.75, 3.05) is 39.9 Å². The Morgan fingerprint density at radius 1 is 1.09 bits per heavy atom. The van der Waals surface area contributed by atoms with Crippen molar-refractivity contribution < 1.29 is 28.6 Å². The highest BCUT2D eigenvalue weighted by atomic mass is 19.1. The average molecular weight is 485 g/mol. The fourth-order valence-corrected chi connectivity index (χ4v) is 4.18. The number of carbonyl (C=O) groups is 2. The van der Waals surface area contributed by atoms with E-state index in [-0.39, 0.29) is 16.9 Å². The van der Waals surface area contributed by atoms with Crippen LogP contribution in [-0.2, 0) is 9.59 Å². The molecule has 1 amide bonds. The standard InChI is InChI=1S/C27H33FN2O5/c1-5-16-35-20-11-8-18(9-12-20)24-23(25(31)19-10-13-22(34-4)21(28)17-19)26(32)27(33)30(24)15-14-29(6-2)7-3/h8-13,17,24,31H,5-7,14-16H2,1-4H3/t24-/m0/s1. The third kappa shape index (κ3) is 5.65. The molecule has 2 aromatic rings. The lowest BCUT2D eigenvalue weighted by molar-refractivity contribution is -0.140. The molecule has 1 saturated heterocycles. The van der Waals surface area contributed by atoms with Crippen molar-refractivity contribution in [3.8, 4) is 11.5 Å². The lowest BCUT2D eigenvalue weighted by Crippen LogP contribution is -2.38. The number of aliphatic hydroxyl groups is 1. The van der Waals surface area contributed by atoms with Crippen molar-refractivity contribution in [3.63, 3.8) is 0 Å². The number of likely N-dealkylation sites (N-methyl/N-ethyl adjacent to an activating group) is 1. The van der Waals surface area contributed by atoms with Crippen LogP contribution in [0.1, 0.15) is 44.4 Å². The van der Waals surface area contributed by atoms with Gasteiger partial charge in [-0.05, 0) is 55.4 Å². The molecule has 0 bridgehead atoms. The smallest absolute Gasteiger partial charge is 0.295 e. The Balaban J connectivity index is 2.07. The average Bonchev–Trinajstić information content (AvgIpc) is 3.12. The molecule has 1 fully saturated rings. The summed E-state index contributed by atoms with van der Waals surface area (Å²) in [7, 11) is 1.34. The number of ketones is 1. The summed E-state index contributed by atoms with van der Waals surface area (Å²) in [5, 5.41) is 11.1. The largest absolute Gasteiger partial charge is 0.507 e. The molecule has 0 saturated carbocycles. The summed E-state index contributed by atoms with van der Waals surface area (Å²) in [6, 6.07) is 10.2. The second kappa shape index (κ2) is 11.8. The van der Waals surface area contributed by atoms with Crippen LogP contribution in [0.3, 0.4) is 0 Å². The highest BCUT2D eigenvalue weighted by Gasteiger charge is 2.46. The van der Waals surface area contributed by atoms with Crippen LogP contribution in [-0.4, -0.2) is 66.5 Å². The minimum absolute atomic E-state index is 0.0143. The molecule has 0 aliphatic carbocycles. The van der Waals surface area contributed by atoms with E-state index in [1.807, 2.05) is 20.8 Å². The molecule has 0 aromatic heterocycles. The summed E-state index contributed by atoms with van der Waals surface area (Å²) in [4.78, 5) is 29.9. The first-order valence-corrected chi connectivity index (χ1v) is 11.9. The van der Waals surface area contributed by atoms with Gasteiger partial charge < -0.3 is 24.4 Å². The van der Waals surface area contributed by atoms with E-state index in [1.165, 1.54) is 24.1 Å². The number of methoxy groups -OCH3 is 1. The zero-order chi connectivity index (χ0) is 25.5. The van der Waals surface area contributed by atoms with E-state index >= 15 is 0 Å². The molecule has 1 atom stereocenters. The molecule has 1 aliphatic heterocycles. The van der Waals surface area contributed by atoms with Crippen molar-refractivity contribution in [3.05, 3.63) is 65.0 Å². The van der Waals surface area contributed by atoms with Gasteiger partial charge in [0.15, 0.2) is 11.6 Å². The lowest BCUT2D eigenvalue weighted by Gasteiger charge is -2.28. The summed E-state index contributed by atoms with van der Waals surface area (Å²) in [5.41, 5.74) is 0.683. The van der Waals surface area contributed by atoms with Crippen LogP contribution in [0.2, 0.25) is 0 Å². The number of nitrogens with zero attached hydrogens (tertiary/aromatic N) is 2. The molecule has 35 heavy (non-hydrogen) atoms. The number of benzene rings is 2. The topological polar surface area (TPSA) is 79.3 Å². The predicted octanol–water partition coefficient (Wildman–Crippen LogP) is 4.39. The summed E-state index contributed by atoms with van der Waals surface area (Å²) < 4.78 is 25.0. The van der Waals surface area contributed by atoms with Crippen LogP contribution in [0.25, 0.3) is 5.76 Å². The van der Waals surface area contributed by atoms with E-state index in [0.717, 1.165) is 25.6 Å². The van der Waals surface area contributed by atoms with Crippen molar-refractivity contribution in [1.29, 1.82) is 0 Å². The first kappa shape index (κ1) is 26.2. The Bertz CT molecular complexity index is 1080. The summed E-state index contributed by atoms with van der Waals surface area (Å²) in [6.07, 6.45) is 0.867. The number of rotatable bonds is 11. The third-order valence-corrected chi connectivity index (χ3v) is 6.19. The molecule has 1 heterocycles. The Hall–Kier alpha value is -3.39. The van der Waals surface area contributed by atoms with E-state index in [2.05, 4.69) is 4.90 Å². The maximum absolute atomic E-state index is 14.4. The number of halogens is 1. The molecular weight excluding hydrogens is 451 g/mol. The number of aliphatic hydroxyl groups excluding tert-OH is 1. The minimum atomic E-state index is -0.809. The SMILES string of the molecule is CCCOc1ccc([C@H]2C(=C(O)c3ccc(OC)c(F)c3)C(=O)C(=O)N2CCN(CC)CC)cc1. The number of carbonyl (C=O) groups excluding carboxylic acids is 2. The molecule has 0 radical (unpaired) electrons. The zero-order valence-corrected chi connectivity index (χ0v) is 20.7. The van der Waals surface area contributed by atoms with Crippen LogP contribution in [0.15, 0.2) is 48.0 Å². The quantitative estimate of drug-likeness (QED) is 0.290. The van der Waals surface area contributed by atoms with Gasteiger partial charge >= 0.3 is 0 Å². The van der Waals surface area contributed by atoms with Gasteiger partial charge in [-0.25, -0.2) is 4.39 Å². The summed E-state index contributed by atoms with van der Waals surface area (Å²) >= 11 is 0. The summed E-state index contributed by atoms with van der Waals surface area (Å²) in [6.45, 7) is 9.14. The van der Waals surface area contributed by atoms with Crippen LogP contribution < -0.4 is 9.47 Å². The number of amides is 1. The van der Waals surface area contributed by atoms with E-state index in [4.69, 9.17) is 9.47 Å². The van der Waals surface area contributed by atoms with E-state index in [9.17, 15) is 19.1 Å². The monoisotopic (exact) mass is 484 g/mol. The zero-order valence-electron chi connectivity index (χ0n) is 20.7. The third-order valence-electron chi connectivity index (χ3n) is 6.19. The highest BCUT2D eigenvalue weighted by Crippen LogP contribution is 2.40. The van der Waals surface area contributed by atoms with Gasteiger partial charge in [-0.15, -0.1) is 0 Å². The van der Waals surface area contributed by atoms with Gasteiger partial charge in [0.25, 0.3) is 11.7 Å². The van der Waals surface area contributed by atoms with E-state index in [0.29, 0.717) is 31.0 Å². The second-order valence-corrected chi connectivity index (χ2v) is 8.29. The predicted molar refractivity (Wildman–Crippen MR) is 132 cm³/mol. The number of hydrogen-bond acceptors (Lipinski definition) is 6. The van der Waals surface area contributed by atoms with E-state index in [1.54, 1.807) is 24.3 Å². The Labute approximate surface area is 205 Å². The van der Waals surface area contributed by atoms with Gasteiger partial charge in [-0.3, -0.25) is 9.59 Å². The van der Waals surface area contributed by atoms with Crippen molar-refractivity contribution in [2.24, 2.45) is 0 Å². The van der Waals surface area contributed by atoms with Crippen molar-refractivity contribution >= 4 is 17.4 Å². The van der Waals surface area contributed by atoms with E-state index < -0.39 is 29.3 Å². The lowest BCUT2D eigenvalue weighted by atomic mass is 9.95. The van der Waals surface area contributed by atoms with Crippen LogP contribution in [0.5, 0.6) is 11.5 Å². The normalized spacial score (nSPS) is 17.3. The van der Waals surface area contributed by atoms with Crippen LogP contribution in [0, 0.1) is 5.82 Å². The van der Waals surface area contributed by atoms with Gasteiger partial charge in [-0.1, -0.05) is 32.9 Å². The molecule has 0 unspecified atom stereocenters. The molecular formula is C27H33FN2O5. The first-order chi connectivity index (χ1) is 16.9. The highest BCUT2D eigenvalue weighted by molar-refractivity contribution is 6.46. The molecule has 1 N–H and O–H groups in total. The molecule has 2 aromatic carbocycles. The molecule has 8 heteroatoms. The van der Waals surface area contributed by atoms with Gasteiger partial charge in [0.1, 0.15) is 11.5 Å². The Kier molecular flexibility index (Phi) is 8.87. The van der Waals surface area contributed by atoms with Crippen LogP contribution in [0.4, 0.5) is 4.39 Å². The molecule has 188 valence electrons. The van der Waals surface area contributed by atoms with Gasteiger partial charge in [-0.2, -0.15) is 0 Å². The molecule has 3 rings (SSSR count). The van der Waals surface area contributed by atoms with Crippen LogP contribution >= 0.6 is 0 Å². The Morgan fingerprint density at radius 2 is 1.77 bits per heavy atom. The van der Waals surface area contributed by atoms with Gasteiger partial charge in [0, 0.05) is 18.7 Å². The van der Waals surface area contributed by atoms with Gasteiger partial charge in [0.05, 0.1) is 25.3 Å². The molecule has 0 spiro atoms. The second-order valence-electron chi connectivity index (χ2n) is 8.29. The first-order valence-electron chi connectivity index (χ1n) is 11.9. The molecule has 1 aliphatic rings. The fraction of sp³-hybridized carbons (Fsp3) is 0.407. The van der Waals surface area contributed by atoms with Gasteiger partial charge in [0.2, 0.25) is 0 Å². The number of likely N-dealkylation sites (tertiary alicyclic amines) is 1. The molecule has 7 nitrogen and oxygen atoms in total. The minimum Gasteiger partial charge on any atom is -0.507 e. The maximum atomic E-state index is 14.4. The fourth-order valence-electron chi connectivity index (χ4n) is 4.18. The van der Waals surface area contributed by atoms with Crippen molar-refractivity contribution in [2.45, 2.75) is 33.2 Å². The Morgan fingerprint density at radius 3 is 2.34 bits per heavy atom. The van der Waals surface area contributed by atoms with Crippen molar-refractivity contribution in [1.82, 2.24) is 9.80 Å².